The van der Waals surface area contributed by atoms with E-state index in [0.717, 1.165) is 10.9 Å². The molecule has 0 heterocycles. The van der Waals surface area contributed by atoms with Crippen molar-refractivity contribution in [2.45, 2.75) is 19.3 Å². The smallest absolute Gasteiger partial charge is 0.307 e. The Kier molecular flexibility index (Phi) is 2.35. The predicted molar refractivity (Wildman–Crippen MR) is 57.4 cm³/mol. The zero-order valence-corrected chi connectivity index (χ0v) is 9.41. The van der Waals surface area contributed by atoms with Gasteiger partial charge in [-0.25, -0.2) is 0 Å². The summed E-state index contributed by atoms with van der Waals surface area (Å²) in [7, 11) is 0. The SMILES string of the molecule is Cc1cc(Br)ccc1[C@@H]1C[C@H]1C(=O)O. The molecule has 0 amide bonds. The molecule has 14 heavy (non-hydrogen) atoms. The van der Waals surface area contributed by atoms with Gasteiger partial charge in [0.1, 0.15) is 0 Å². The second kappa shape index (κ2) is 3.39. The van der Waals surface area contributed by atoms with Gasteiger partial charge in [0.05, 0.1) is 5.92 Å². The van der Waals surface area contributed by atoms with E-state index < -0.39 is 5.97 Å². The molecule has 0 radical (unpaired) electrons. The molecule has 1 aliphatic rings. The molecule has 0 aromatic heterocycles. The molecule has 2 nitrogen and oxygen atoms in total. The highest BCUT2D eigenvalue weighted by atomic mass is 79.9. The van der Waals surface area contributed by atoms with Crippen LogP contribution in [0.5, 0.6) is 0 Å². The molecule has 1 aromatic rings. The van der Waals surface area contributed by atoms with E-state index >= 15 is 0 Å². The number of benzene rings is 1. The van der Waals surface area contributed by atoms with Crippen LogP contribution in [0.3, 0.4) is 0 Å². The zero-order chi connectivity index (χ0) is 10.3. The lowest BCUT2D eigenvalue weighted by Gasteiger charge is -2.04. The first-order chi connectivity index (χ1) is 6.59. The maximum atomic E-state index is 10.7. The lowest BCUT2D eigenvalue weighted by Crippen LogP contribution is -1.99. The average Bonchev–Trinajstić information content (AvgIpc) is 2.83. The van der Waals surface area contributed by atoms with E-state index in [0.29, 0.717) is 0 Å². The fourth-order valence-corrected chi connectivity index (χ4v) is 2.34. The van der Waals surface area contributed by atoms with E-state index in [1.165, 1.54) is 11.1 Å². The summed E-state index contributed by atoms with van der Waals surface area (Å²) in [6.07, 6.45) is 0.789. The summed E-state index contributed by atoms with van der Waals surface area (Å²) >= 11 is 3.39. The van der Waals surface area contributed by atoms with Crippen molar-refractivity contribution in [3.63, 3.8) is 0 Å². The van der Waals surface area contributed by atoms with Gasteiger partial charge >= 0.3 is 5.97 Å². The summed E-state index contributed by atoms with van der Waals surface area (Å²) in [4.78, 5) is 10.7. The number of carboxylic acids is 1. The number of hydrogen-bond acceptors (Lipinski definition) is 1. The number of rotatable bonds is 2. The molecule has 0 spiro atoms. The Bertz CT molecular complexity index is 387. The molecule has 0 saturated heterocycles. The number of aryl methyl sites for hydroxylation is 1. The fourth-order valence-electron chi connectivity index (χ4n) is 1.87. The second-order valence-corrected chi connectivity index (χ2v) is 4.70. The molecule has 1 fully saturated rings. The van der Waals surface area contributed by atoms with Crippen molar-refractivity contribution in [2.24, 2.45) is 5.92 Å². The van der Waals surface area contributed by atoms with E-state index in [4.69, 9.17) is 5.11 Å². The molecule has 74 valence electrons. The maximum absolute atomic E-state index is 10.7. The van der Waals surface area contributed by atoms with Gasteiger partial charge in [0.2, 0.25) is 0 Å². The molecule has 1 aromatic carbocycles. The fraction of sp³-hybridized carbons (Fsp3) is 0.364. The Labute approximate surface area is 91.1 Å². The van der Waals surface area contributed by atoms with E-state index in [1.807, 2.05) is 25.1 Å². The molecule has 1 N–H and O–H groups in total. The van der Waals surface area contributed by atoms with Gasteiger partial charge in [0.25, 0.3) is 0 Å². The highest BCUT2D eigenvalue weighted by Crippen LogP contribution is 2.48. The van der Waals surface area contributed by atoms with Crippen LogP contribution in [0.25, 0.3) is 0 Å². The average molecular weight is 255 g/mol. The van der Waals surface area contributed by atoms with E-state index in [-0.39, 0.29) is 11.8 Å². The molecule has 0 aliphatic heterocycles. The normalized spacial score (nSPS) is 24.7. The first-order valence-electron chi connectivity index (χ1n) is 4.58. The van der Waals surface area contributed by atoms with E-state index in [1.54, 1.807) is 0 Å². The lowest BCUT2D eigenvalue weighted by atomic mass is 10.0. The van der Waals surface area contributed by atoms with Gasteiger partial charge in [-0.15, -0.1) is 0 Å². The van der Waals surface area contributed by atoms with Gasteiger partial charge in [-0.05, 0) is 42.5 Å². The van der Waals surface area contributed by atoms with Crippen LogP contribution in [0.4, 0.5) is 0 Å². The number of aliphatic carboxylic acids is 1. The first-order valence-corrected chi connectivity index (χ1v) is 5.37. The van der Waals surface area contributed by atoms with Crippen LogP contribution in [-0.2, 0) is 4.79 Å². The highest BCUT2D eigenvalue weighted by Gasteiger charge is 2.44. The molecule has 1 saturated carbocycles. The number of carbonyl (C=O) groups is 1. The van der Waals surface area contributed by atoms with Crippen LogP contribution in [0.15, 0.2) is 22.7 Å². The molecule has 2 atom stereocenters. The van der Waals surface area contributed by atoms with E-state index in [9.17, 15) is 4.79 Å². The summed E-state index contributed by atoms with van der Waals surface area (Å²) in [5, 5.41) is 8.82. The first kappa shape index (κ1) is 9.71. The Morgan fingerprint density at radius 2 is 2.29 bits per heavy atom. The third kappa shape index (κ3) is 1.69. The zero-order valence-electron chi connectivity index (χ0n) is 7.83. The van der Waals surface area contributed by atoms with E-state index in [2.05, 4.69) is 15.9 Å². The third-order valence-corrected chi connectivity index (χ3v) is 3.23. The Balaban J connectivity index is 2.23. The highest BCUT2D eigenvalue weighted by molar-refractivity contribution is 9.10. The van der Waals surface area contributed by atoms with Gasteiger partial charge < -0.3 is 5.11 Å². The van der Waals surface area contributed by atoms with Crippen LogP contribution in [0, 0.1) is 12.8 Å². The third-order valence-electron chi connectivity index (χ3n) is 2.74. The Morgan fingerprint density at radius 3 is 2.79 bits per heavy atom. The van der Waals surface area contributed by atoms with Gasteiger partial charge in [-0.1, -0.05) is 22.0 Å². The summed E-state index contributed by atoms with van der Waals surface area (Å²) in [5.41, 5.74) is 2.36. The summed E-state index contributed by atoms with van der Waals surface area (Å²) in [6, 6.07) is 6.03. The van der Waals surface area contributed by atoms with Crippen LogP contribution in [0.1, 0.15) is 23.5 Å². The Hall–Kier alpha value is -0.830. The minimum absolute atomic E-state index is 0.158. The largest absolute Gasteiger partial charge is 0.481 e. The summed E-state index contributed by atoms with van der Waals surface area (Å²) < 4.78 is 1.05. The van der Waals surface area contributed by atoms with Crippen molar-refractivity contribution in [1.82, 2.24) is 0 Å². The van der Waals surface area contributed by atoms with Gasteiger partial charge in [-0.3, -0.25) is 4.79 Å². The van der Waals surface area contributed by atoms with Crippen LogP contribution >= 0.6 is 15.9 Å². The second-order valence-electron chi connectivity index (χ2n) is 3.79. The molecule has 3 heteroatoms. The monoisotopic (exact) mass is 254 g/mol. The standard InChI is InChI=1S/C11H11BrO2/c1-6-4-7(12)2-3-8(6)9-5-10(9)11(13)14/h2-4,9-10H,5H2,1H3,(H,13,14)/t9-,10+/m0/s1. The number of hydrogen-bond donors (Lipinski definition) is 1. The van der Waals surface area contributed by atoms with Crippen molar-refractivity contribution in [3.8, 4) is 0 Å². The Morgan fingerprint density at radius 1 is 1.57 bits per heavy atom. The minimum atomic E-state index is -0.669. The molecule has 0 bridgehead atoms. The maximum Gasteiger partial charge on any atom is 0.307 e. The quantitative estimate of drug-likeness (QED) is 0.882. The molecular formula is C11H11BrO2. The van der Waals surface area contributed by atoms with Crippen molar-refractivity contribution in [1.29, 1.82) is 0 Å². The van der Waals surface area contributed by atoms with Gasteiger partial charge in [-0.2, -0.15) is 0 Å². The van der Waals surface area contributed by atoms with Crippen molar-refractivity contribution >= 4 is 21.9 Å². The minimum Gasteiger partial charge on any atom is -0.481 e. The van der Waals surface area contributed by atoms with Crippen molar-refractivity contribution in [2.75, 3.05) is 0 Å². The van der Waals surface area contributed by atoms with Crippen LogP contribution in [0.2, 0.25) is 0 Å². The van der Waals surface area contributed by atoms with Crippen LogP contribution < -0.4 is 0 Å². The number of carboxylic acid groups (broad SMARTS) is 1. The molecular weight excluding hydrogens is 244 g/mol. The van der Waals surface area contributed by atoms with Gasteiger partial charge in [0, 0.05) is 4.47 Å². The van der Waals surface area contributed by atoms with Crippen molar-refractivity contribution in [3.05, 3.63) is 33.8 Å². The van der Waals surface area contributed by atoms with Crippen molar-refractivity contribution < 1.29 is 9.90 Å². The number of halogens is 1. The predicted octanol–water partition coefficient (Wildman–Crippen LogP) is 2.95. The molecule has 0 unspecified atom stereocenters. The summed E-state index contributed by atoms with van der Waals surface area (Å²) in [6.45, 7) is 2.03. The lowest BCUT2D eigenvalue weighted by molar-refractivity contribution is -0.138. The molecule has 1 aliphatic carbocycles. The molecule has 2 rings (SSSR count). The van der Waals surface area contributed by atoms with Gasteiger partial charge in [0.15, 0.2) is 0 Å². The van der Waals surface area contributed by atoms with Crippen LogP contribution in [-0.4, -0.2) is 11.1 Å². The summed E-state index contributed by atoms with van der Waals surface area (Å²) in [5.74, 6) is -0.590. The topological polar surface area (TPSA) is 37.3 Å².